The van der Waals surface area contributed by atoms with Crippen LogP contribution in [0.2, 0.25) is 0 Å². The maximum atomic E-state index is 12.9. The van der Waals surface area contributed by atoms with Crippen LogP contribution in [-0.2, 0) is 30.4 Å². The summed E-state index contributed by atoms with van der Waals surface area (Å²) in [6.07, 6.45) is 8.51. The first-order valence-corrected chi connectivity index (χ1v) is 14.5. The molecule has 0 saturated carbocycles. The van der Waals surface area contributed by atoms with E-state index in [-0.39, 0.29) is 24.0 Å². The van der Waals surface area contributed by atoms with Crippen LogP contribution in [0.1, 0.15) is 62.4 Å². The molecule has 1 fully saturated rings. The SMILES string of the molecule is CSc1nc2c(c(N3CCN(C(=O)OC(C)(C)C)C(CC#N)C3)n1)CC[C@]1(CCc3ccccc3C1)C2. The summed E-state index contributed by atoms with van der Waals surface area (Å²) >= 11 is 1.58. The molecular weight excluding hydrogens is 482 g/mol. The molecule has 1 spiro atoms. The van der Waals surface area contributed by atoms with Crippen LogP contribution < -0.4 is 4.90 Å². The van der Waals surface area contributed by atoms with Gasteiger partial charge in [-0.05, 0) is 82.1 Å². The number of carbonyl (C=O) groups is 1. The third kappa shape index (κ3) is 5.43. The number of fused-ring (bicyclic) bond motifs is 2. The topological polar surface area (TPSA) is 82.4 Å². The monoisotopic (exact) mass is 519 g/mol. The zero-order chi connectivity index (χ0) is 26.2. The van der Waals surface area contributed by atoms with E-state index in [1.807, 2.05) is 27.0 Å². The van der Waals surface area contributed by atoms with E-state index in [1.165, 1.54) is 28.8 Å². The number of piperazine rings is 1. The number of ether oxygens (including phenoxy) is 1. The van der Waals surface area contributed by atoms with E-state index < -0.39 is 5.60 Å². The van der Waals surface area contributed by atoms with Crippen LogP contribution in [0.25, 0.3) is 0 Å². The lowest BCUT2D eigenvalue weighted by atomic mass is 9.63. The Labute approximate surface area is 224 Å². The molecular formula is C29H37N5O2S. The number of hydrogen-bond acceptors (Lipinski definition) is 7. The predicted octanol–water partition coefficient (Wildman–Crippen LogP) is 5.20. The zero-order valence-corrected chi connectivity index (χ0v) is 23.2. The Kier molecular flexibility index (Phi) is 7.10. The number of amides is 1. The van der Waals surface area contributed by atoms with Crippen LogP contribution in [0.5, 0.6) is 0 Å². The van der Waals surface area contributed by atoms with E-state index in [2.05, 4.69) is 35.2 Å². The van der Waals surface area contributed by atoms with Crippen molar-refractivity contribution >= 4 is 23.7 Å². The molecule has 1 amide bonds. The first-order chi connectivity index (χ1) is 17.7. The highest BCUT2D eigenvalue weighted by Gasteiger charge is 2.41. The van der Waals surface area contributed by atoms with Gasteiger partial charge in [0.2, 0.25) is 0 Å². The van der Waals surface area contributed by atoms with Gasteiger partial charge in [0.05, 0.1) is 24.2 Å². The van der Waals surface area contributed by atoms with Gasteiger partial charge >= 0.3 is 6.09 Å². The van der Waals surface area contributed by atoms with Crippen molar-refractivity contribution in [3.05, 3.63) is 46.6 Å². The van der Waals surface area contributed by atoms with Crippen molar-refractivity contribution in [2.75, 3.05) is 30.8 Å². The molecule has 1 aromatic carbocycles. The Morgan fingerprint density at radius 2 is 1.92 bits per heavy atom. The van der Waals surface area contributed by atoms with Crippen molar-refractivity contribution in [3.8, 4) is 6.07 Å². The summed E-state index contributed by atoms with van der Waals surface area (Å²) in [4.78, 5) is 26.9. The summed E-state index contributed by atoms with van der Waals surface area (Å²) in [5, 5.41) is 10.3. The maximum Gasteiger partial charge on any atom is 0.410 e. The molecule has 196 valence electrons. The average Bonchev–Trinajstić information content (AvgIpc) is 2.87. The summed E-state index contributed by atoms with van der Waals surface area (Å²) in [6, 6.07) is 10.9. The van der Waals surface area contributed by atoms with E-state index in [9.17, 15) is 10.1 Å². The second-order valence-corrected chi connectivity index (χ2v) is 12.5. The summed E-state index contributed by atoms with van der Waals surface area (Å²) in [6.45, 7) is 7.36. The van der Waals surface area contributed by atoms with Gasteiger partial charge in [-0.2, -0.15) is 5.26 Å². The van der Waals surface area contributed by atoms with Gasteiger partial charge in [-0.3, -0.25) is 0 Å². The summed E-state index contributed by atoms with van der Waals surface area (Å²) < 4.78 is 5.64. The lowest BCUT2D eigenvalue weighted by Crippen LogP contribution is -2.56. The van der Waals surface area contributed by atoms with Crippen molar-refractivity contribution in [2.45, 2.75) is 82.5 Å². The van der Waals surface area contributed by atoms with Gasteiger partial charge in [0.25, 0.3) is 0 Å². The van der Waals surface area contributed by atoms with E-state index in [4.69, 9.17) is 14.7 Å². The van der Waals surface area contributed by atoms with Crippen LogP contribution in [0.15, 0.2) is 29.4 Å². The van der Waals surface area contributed by atoms with Gasteiger partial charge in [-0.15, -0.1) is 0 Å². The number of nitrogens with zero attached hydrogens (tertiary/aromatic N) is 5. The largest absolute Gasteiger partial charge is 0.444 e. The number of anilines is 1. The summed E-state index contributed by atoms with van der Waals surface area (Å²) in [7, 11) is 0. The van der Waals surface area contributed by atoms with Gasteiger partial charge in [-0.1, -0.05) is 36.0 Å². The Bertz CT molecular complexity index is 1220. The average molecular weight is 520 g/mol. The van der Waals surface area contributed by atoms with E-state index in [0.29, 0.717) is 19.6 Å². The van der Waals surface area contributed by atoms with E-state index in [0.717, 1.165) is 43.1 Å². The van der Waals surface area contributed by atoms with Gasteiger partial charge in [0, 0.05) is 25.2 Å². The molecule has 3 aliphatic rings. The third-order valence-corrected chi connectivity index (χ3v) is 8.57. The molecule has 37 heavy (non-hydrogen) atoms. The van der Waals surface area contributed by atoms with Gasteiger partial charge in [-0.25, -0.2) is 14.8 Å². The molecule has 7 nitrogen and oxygen atoms in total. The van der Waals surface area contributed by atoms with Crippen molar-refractivity contribution in [2.24, 2.45) is 5.41 Å². The minimum absolute atomic E-state index is 0.235. The Morgan fingerprint density at radius 3 is 2.65 bits per heavy atom. The van der Waals surface area contributed by atoms with Crippen molar-refractivity contribution in [1.29, 1.82) is 5.26 Å². The number of aromatic nitrogens is 2. The van der Waals surface area contributed by atoms with E-state index in [1.54, 1.807) is 16.7 Å². The number of nitriles is 1. The maximum absolute atomic E-state index is 12.9. The molecule has 1 unspecified atom stereocenters. The minimum Gasteiger partial charge on any atom is -0.444 e. The molecule has 1 aromatic heterocycles. The predicted molar refractivity (Wildman–Crippen MR) is 146 cm³/mol. The molecule has 5 rings (SSSR count). The molecule has 0 radical (unpaired) electrons. The number of hydrogen-bond donors (Lipinski definition) is 0. The second-order valence-electron chi connectivity index (χ2n) is 11.7. The lowest BCUT2D eigenvalue weighted by molar-refractivity contribution is 0.0144. The quantitative estimate of drug-likeness (QED) is 0.407. The van der Waals surface area contributed by atoms with Crippen LogP contribution in [-0.4, -0.2) is 58.5 Å². The minimum atomic E-state index is -0.569. The number of rotatable bonds is 3. The fraction of sp³-hybridized carbons (Fsp3) is 0.586. The van der Waals surface area contributed by atoms with Gasteiger partial charge < -0.3 is 14.5 Å². The van der Waals surface area contributed by atoms with Crippen molar-refractivity contribution in [3.63, 3.8) is 0 Å². The zero-order valence-electron chi connectivity index (χ0n) is 22.4. The van der Waals surface area contributed by atoms with Gasteiger partial charge in [0.15, 0.2) is 5.16 Å². The number of thioether (sulfide) groups is 1. The molecule has 1 aliphatic heterocycles. The number of carbonyl (C=O) groups excluding carboxylic acids is 1. The molecule has 8 heteroatoms. The fourth-order valence-corrected chi connectivity index (χ4v) is 6.58. The summed E-state index contributed by atoms with van der Waals surface area (Å²) in [5.41, 5.74) is 5.13. The highest BCUT2D eigenvalue weighted by Crippen LogP contribution is 2.46. The fourth-order valence-electron chi connectivity index (χ4n) is 6.20. The highest BCUT2D eigenvalue weighted by atomic mass is 32.2. The third-order valence-electron chi connectivity index (χ3n) is 8.03. The number of benzene rings is 1. The molecule has 2 aliphatic carbocycles. The van der Waals surface area contributed by atoms with Crippen LogP contribution in [0.4, 0.5) is 10.6 Å². The first-order valence-electron chi connectivity index (χ1n) is 13.3. The smallest absolute Gasteiger partial charge is 0.410 e. The molecule has 2 aromatic rings. The molecule has 0 bridgehead atoms. The van der Waals surface area contributed by atoms with E-state index >= 15 is 0 Å². The number of aryl methyl sites for hydroxylation is 1. The first kappa shape index (κ1) is 25.8. The standard InChI is InChI=1S/C29H37N5O2S/c1-28(2,3)36-27(35)34-16-15-33(19-22(34)11-14-30)25-23-10-13-29(18-24(23)31-26(32-25)37-4)12-9-20-7-5-6-8-21(20)17-29/h5-8,22H,9-13,15-19H2,1-4H3/t22?,29-/m0/s1. The molecule has 2 heterocycles. The Hall–Kier alpha value is -2.79. The lowest BCUT2D eigenvalue weighted by Gasteiger charge is -2.44. The van der Waals surface area contributed by atoms with Crippen molar-refractivity contribution in [1.82, 2.24) is 14.9 Å². The van der Waals surface area contributed by atoms with Crippen LogP contribution in [0.3, 0.4) is 0 Å². The van der Waals surface area contributed by atoms with Crippen LogP contribution in [0, 0.1) is 16.7 Å². The Balaban J connectivity index is 1.40. The molecule has 0 N–H and O–H groups in total. The normalized spacial score (nSPS) is 23.3. The summed E-state index contributed by atoms with van der Waals surface area (Å²) in [5.74, 6) is 0.993. The molecule has 2 atom stereocenters. The Morgan fingerprint density at radius 1 is 1.16 bits per heavy atom. The van der Waals surface area contributed by atoms with Crippen molar-refractivity contribution < 1.29 is 9.53 Å². The molecule has 1 saturated heterocycles. The van der Waals surface area contributed by atoms with Gasteiger partial charge in [0.1, 0.15) is 11.4 Å². The van der Waals surface area contributed by atoms with Crippen LogP contribution >= 0.6 is 11.8 Å². The second kappa shape index (κ2) is 10.2. The highest BCUT2D eigenvalue weighted by molar-refractivity contribution is 7.98.